The Balaban J connectivity index is 1.83. The largest absolute Gasteiger partial charge is 0.497 e. The number of nitrogens with two attached hydrogens (primary N) is 1. The summed E-state index contributed by atoms with van der Waals surface area (Å²) in [5, 5.41) is 14.6. The Labute approximate surface area is 163 Å². The lowest BCUT2D eigenvalue weighted by atomic mass is 10.0. The van der Waals surface area contributed by atoms with Crippen LogP contribution in [-0.4, -0.2) is 42.5 Å². The molecule has 3 rings (SSSR count). The van der Waals surface area contributed by atoms with Crippen LogP contribution in [0, 0.1) is 10.1 Å². The zero-order chi connectivity index (χ0) is 20.1. The van der Waals surface area contributed by atoms with E-state index in [0.717, 1.165) is 37.2 Å². The van der Waals surface area contributed by atoms with Crippen molar-refractivity contribution >= 4 is 17.3 Å². The van der Waals surface area contributed by atoms with E-state index in [1.54, 1.807) is 7.11 Å². The molecule has 0 saturated carbocycles. The highest BCUT2D eigenvalue weighted by Gasteiger charge is 2.25. The van der Waals surface area contributed by atoms with Gasteiger partial charge in [0.2, 0.25) is 5.91 Å². The third-order valence-corrected chi connectivity index (χ3v) is 5.05. The second-order valence-electron chi connectivity index (χ2n) is 6.77. The summed E-state index contributed by atoms with van der Waals surface area (Å²) in [6.07, 6.45) is 2.28. The van der Waals surface area contributed by atoms with Crippen molar-refractivity contribution in [3.63, 3.8) is 0 Å². The van der Waals surface area contributed by atoms with E-state index >= 15 is 0 Å². The molecule has 1 fully saturated rings. The van der Waals surface area contributed by atoms with Gasteiger partial charge in [-0.1, -0.05) is 12.1 Å². The number of likely N-dealkylation sites (tertiary alicyclic amines) is 1. The van der Waals surface area contributed by atoms with Crippen molar-refractivity contribution in [1.82, 2.24) is 4.90 Å². The first kappa shape index (κ1) is 19.6. The summed E-state index contributed by atoms with van der Waals surface area (Å²) in [5.74, 6) is 0.0948. The Morgan fingerprint density at radius 3 is 2.50 bits per heavy atom. The minimum Gasteiger partial charge on any atom is -0.497 e. The molecule has 0 bridgehead atoms. The van der Waals surface area contributed by atoms with Crippen molar-refractivity contribution in [1.29, 1.82) is 0 Å². The van der Waals surface area contributed by atoms with Crippen molar-refractivity contribution in [2.45, 2.75) is 18.9 Å². The van der Waals surface area contributed by atoms with E-state index in [1.165, 1.54) is 18.2 Å². The Morgan fingerprint density at radius 2 is 1.93 bits per heavy atom. The number of nitro groups is 1. The second-order valence-corrected chi connectivity index (χ2v) is 6.77. The fourth-order valence-electron chi connectivity index (χ4n) is 3.53. The Morgan fingerprint density at radius 1 is 1.25 bits per heavy atom. The molecule has 1 unspecified atom stereocenters. The summed E-state index contributed by atoms with van der Waals surface area (Å²) in [5.41, 5.74) is 6.68. The Bertz CT molecular complexity index is 848. The quantitative estimate of drug-likeness (QED) is 0.535. The van der Waals surface area contributed by atoms with Gasteiger partial charge in [-0.05, 0) is 55.8 Å². The maximum Gasteiger partial charge on any atom is 0.293 e. The third kappa shape index (κ3) is 4.40. The molecular weight excluding hydrogens is 360 g/mol. The molecule has 0 spiro atoms. The SMILES string of the molecule is COc1ccc(C(CNc2ccc(C(N)=O)cc2[N+](=O)[O-])N2CCCC2)cc1. The molecule has 8 heteroatoms. The van der Waals surface area contributed by atoms with E-state index in [4.69, 9.17) is 10.5 Å². The maximum absolute atomic E-state index is 11.4. The zero-order valence-electron chi connectivity index (χ0n) is 15.8. The minimum absolute atomic E-state index is 0.0730. The summed E-state index contributed by atoms with van der Waals surface area (Å²) in [4.78, 5) is 24.6. The van der Waals surface area contributed by atoms with Gasteiger partial charge in [0.1, 0.15) is 11.4 Å². The molecule has 2 aromatic carbocycles. The van der Waals surface area contributed by atoms with Gasteiger partial charge in [0.25, 0.3) is 5.69 Å². The predicted molar refractivity (Wildman–Crippen MR) is 107 cm³/mol. The molecule has 3 N–H and O–H groups in total. The monoisotopic (exact) mass is 384 g/mol. The first-order chi connectivity index (χ1) is 13.5. The number of anilines is 1. The normalized spacial score (nSPS) is 15.2. The number of rotatable bonds is 8. The van der Waals surface area contributed by atoms with Gasteiger partial charge in [-0.2, -0.15) is 0 Å². The topological polar surface area (TPSA) is 111 Å². The van der Waals surface area contributed by atoms with Crippen molar-refractivity contribution in [2.24, 2.45) is 5.73 Å². The molecular formula is C20H24N4O4. The van der Waals surface area contributed by atoms with E-state index in [0.29, 0.717) is 12.2 Å². The van der Waals surface area contributed by atoms with Crippen LogP contribution < -0.4 is 15.8 Å². The van der Waals surface area contributed by atoms with Crippen LogP contribution in [0.5, 0.6) is 5.75 Å². The first-order valence-electron chi connectivity index (χ1n) is 9.19. The van der Waals surface area contributed by atoms with Crippen molar-refractivity contribution in [2.75, 3.05) is 32.1 Å². The van der Waals surface area contributed by atoms with Gasteiger partial charge >= 0.3 is 0 Å². The number of hydrogen-bond donors (Lipinski definition) is 2. The van der Waals surface area contributed by atoms with E-state index in [2.05, 4.69) is 10.2 Å². The van der Waals surface area contributed by atoms with E-state index in [1.807, 2.05) is 24.3 Å². The van der Waals surface area contributed by atoms with Gasteiger partial charge in [-0.15, -0.1) is 0 Å². The van der Waals surface area contributed by atoms with Crippen molar-refractivity contribution in [3.05, 3.63) is 63.7 Å². The number of carbonyl (C=O) groups excluding carboxylic acids is 1. The maximum atomic E-state index is 11.4. The Hall–Kier alpha value is -3.13. The minimum atomic E-state index is -0.692. The predicted octanol–water partition coefficient (Wildman–Crippen LogP) is 2.95. The van der Waals surface area contributed by atoms with E-state index in [9.17, 15) is 14.9 Å². The average Bonchev–Trinajstić information content (AvgIpc) is 3.23. The van der Waals surface area contributed by atoms with Crippen LogP contribution in [0.2, 0.25) is 0 Å². The Kier molecular flexibility index (Phi) is 6.10. The molecule has 1 amide bonds. The molecule has 28 heavy (non-hydrogen) atoms. The highest BCUT2D eigenvalue weighted by molar-refractivity contribution is 5.94. The van der Waals surface area contributed by atoms with Crippen LogP contribution in [0.25, 0.3) is 0 Å². The first-order valence-corrected chi connectivity index (χ1v) is 9.19. The van der Waals surface area contributed by atoms with Gasteiger partial charge < -0.3 is 15.8 Å². The summed E-state index contributed by atoms with van der Waals surface area (Å²) < 4.78 is 5.23. The lowest BCUT2D eigenvalue weighted by Crippen LogP contribution is -2.31. The highest BCUT2D eigenvalue weighted by atomic mass is 16.6. The molecule has 1 saturated heterocycles. The second kappa shape index (κ2) is 8.71. The van der Waals surface area contributed by atoms with Gasteiger partial charge in [0.05, 0.1) is 18.1 Å². The standard InChI is InChI=1S/C20H24N4O4/c1-28-16-7-4-14(5-8-16)19(23-10-2-3-11-23)13-22-17-9-6-15(20(21)25)12-18(17)24(26)27/h4-9,12,19,22H,2-3,10-11,13H2,1H3,(H2,21,25). The summed E-state index contributed by atoms with van der Waals surface area (Å²) in [6, 6.07) is 12.2. The molecule has 0 aliphatic carbocycles. The average molecular weight is 384 g/mol. The number of nitro benzene ring substituents is 1. The summed E-state index contributed by atoms with van der Waals surface area (Å²) in [7, 11) is 1.63. The van der Waals surface area contributed by atoms with Crippen LogP contribution >= 0.6 is 0 Å². The van der Waals surface area contributed by atoms with Crippen LogP contribution in [-0.2, 0) is 0 Å². The smallest absolute Gasteiger partial charge is 0.293 e. The molecule has 1 aliphatic rings. The van der Waals surface area contributed by atoms with Gasteiger partial charge in [-0.25, -0.2) is 0 Å². The van der Waals surface area contributed by atoms with E-state index in [-0.39, 0.29) is 17.3 Å². The van der Waals surface area contributed by atoms with Crippen LogP contribution in [0.1, 0.15) is 34.8 Å². The van der Waals surface area contributed by atoms with Crippen molar-refractivity contribution in [3.8, 4) is 5.75 Å². The van der Waals surface area contributed by atoms with Crippen LogP contribution in [0.15, 0.2) is 42.5 Å². The fourth-order valence-corrected chi connectivity index (χ4v) is 3.53. The van der Waals surface area contributed by atoms with Crippen LogP contribution in [0.4, 0.5) is 11.4 Å². The summed E-state index contributed by atoms with van der Waals surface area (Å²) in [6.45, 7) is 2.48. The third-order valence-electron chi connectivity index (χ3n) is 5.05. The molecule has 1 atom stereocenters. The molecule has 2 aromatic rings. The lowest BCUT2D eigenvalue weighted by molar-refractivity contribution is -0.384. The number of benzene rings is 2. The number of ether oxygens (including phenoxy) is 1. The molecule has 148 valence electrons. The number of amides is 1. The van der Waals surface area contributed by atoms with Crippen molar-refractivity contribution < 1.29 is 14.5 Å². The molecule has 8 nitrogen and oxygen atoms in total. The number of hydrogen-bond acceptors (Lipinski definition) is 6. The number of primary amides is 1. The number of nitrogens with one attached hydrogen (secondary N) is 1. The molecule has 1 aliphatic heterocycles. The van der Waals surface area contributed by atoms with Gasteiger partial charge in [0, 0.05) is 18.2 Å². The van der Waals surface area contributed by atoms with Gasteiger partial charge in [-0.3, -0.25) is 19.8 Å². The fraction of sp³-hybridized carbons (Fsp3) is 0.350. The summed E-state index contributed by atoms with van der Waals surface area (Å²) >= 11 is 0. The van der Waals surface area contributed by atoms with Crippen LogP contribution in [0.3, 0.4) is 0 Å². The molecule has 0 aromatic heterocycles. The highest BCUT2D eigenvalue weighted by Crippen LogP contribution is 2.30. The lowest BCUT2D eigenvalue weighted by Gasteiger charge is -2.28. The number of nitrogens with zero attached hydrogens (tertiary/aromatic N) is 2. The number of methoxy groups -OCH3 is 1. The molecule has 0 radical (unpaired) electrons. The molecule has 1 heterocycles. The number of carbonyl (C=O) groups is 1. The van der Waals surface area contributed by atoms with E-state index < -0.39 is 10.8 Å². The van der Waals surface area contributed by atoms with Gasteiger partial charge in [0.15, 0.2) is 0 Å². The zero-order valence-corrected chi connectivity index (χ0v) is 15.8.